The Kier molecular flexibility index (Phi) is 9.28. The summed E-state index contributed by atoms with van der Waals surface area (Å²) in [5.41, 5.74) is 0.983. The second kappa shape index (κ2) is 10.8. The van der Waals surface area contributed by atoms with Crippen LogP contribution in [0.25, 0.3) is 0 Å². The number of nitrogens with one attached hydrogen (secondary N) is 1. The lowest BCUT2D eigenvalue weighted by molar-refractivity contribution is 0.0855. The molecule has 2 rings (SSSR count). The van der Waals surface area contributed by atoms with Crippen LogP contribution in [0.2, 0.25) is 36.3 Å². The molecule has 0 aromatic heterocycles. The fraction of sp³-hybridized carbons (Fsp3) is 0.741. The van der Waals surface area contributed by atoms with E-state index in [1.165, 1.54) is 0 Å². The molecule has 1 fully saturated rings. The number of rotatable bonds is 8. The molecule has 1 aromatic carbocycles. The second-order valence-corrected chi connectivity index (χ2v) is 22.6. The average molecular weight is 508 g/mol. The molecule has 1 aliphatic carbocycles. The van der Waals surface area contributed by atoms with E-state index in [1.807, 2.05) is 30.3 Å². The highest BCUT2D eigenvalue weighted by Gasteiger charge is 2.48. The van der Waals surface area contributed by atoms with Crippen LogP contribution in [-0.2, 0) is 20.2 Å². The van der Waals surface area contributed by atoms with Gasteiger partial charge in [-0.25, -0.2) is 4.79 Å². The highest BCUT2D eigenvalue weighted by Crippen LogP contribution is 2.44. The van der Waals surface area contributed by atoms with Crippen molar-refractivity contribution >= 4 is 22.7 Å². The van der Waals surface area contributed by atoms with Gasteiger partial charge in [-0.05, 0) is 54.2 Å². The zero-order valence-corrected chi connectivity index (χ0v) is 25.5. The Morgan fingerprint density at radius 2 is 1.53 bits per heavy atom. The van der Waals surface area contributed by atoms with Crippen molar-refractivity contribution < 1.29 is 18.4 Å². The van der Waals surface area contributed by atoms with Crippen molar-refractivity contribution in [2.45, 2.75) is 110 Å². The Bertz CT molecular complexity index is 799. The van der Waals surface area contributed by atoms with Gasteiger partial charge >= 0.3 is 6.09 Å². The van der Waals surface area contributed by atoms with E-state index < -0.39 is 16.6 Å². The summed E-state index contributed by atoms with van der Waals surface area (Å²) in [6.45, 7) is 26.0. The summed E-state index contributed by atoms with van der Waals surface area (Å²) in [5.74, 6) is 0.478. The Labute approximate surface area is 210 Å². The predicted octanol–water partition coefficient (Wildman–Crippen LogP) is 7.35. The lowest BCUT2D eigenvalue weighted by atomic mass is 9.96. The number of carbonyl (C=O) groups excluding carboxylic acids is 1. The predicted molar refractivity (Wildman–Crippen MR) is 146 cm³/mol. The number of hydrogen-bond donors (Lipinski definition) is 1. The van der Waals surface area contributed by atoms with Crippen LogP contribution < -0.4 is 5.32 Å². The van der Waals surface area contributed by atoms with Crippen LogP contribution in [0.5, 0.6) is 0 Å². The van der Waals surface area contributed by atoms with Crippen LogP contribution in [0.15, 0.2) is 30.3 Å². The van der Waals surface area contributed by atoms with Gasteiger partial charge in [0.1, 0.15) is 6.61 Å². The van der Waals surface area contributed by atoms with E-state index in [0.29, 0.717) is 6.61 Å². The molecule has 1 N–H and O–H groups in total. The smallest absolute Gasteiger partial charge is 0.407 e. The molecule has 1 aromatic rings. The Balaban J connectivity index is 2.12. The van der Waals surface area contributed by atoms with E-state index in [4.69, 9.17) is 13.6 Å². The molecule has 7 heteroatoms. The fourth-order valence-corrected chi connectivity index (χ4v) is 6.28. The molecule has 0 bridgehead atoms. The summed E-state index contributed by atoms with van der Waals surface area (Å²) in [6.07, 6.45) is 0.498. The average Bonchev–Trinajstić information content (AvgIpc) is 2.97. The number of carbonyl (C=O) groups is 1. The molecule has 1 aliphatic rings. The summed E-state index contributed by atoms with van der Waals surface area (Å²) in [5, 5.41) is 3.42. The first-order valence-electron chi connectivity index (χ1n) is 12.7. The SMILES string of the molecule is C[C@H]1[C@H](CO[Si](C)(C)C(C)(C)C)[C@@H](O[Si](C)(C)C(C)(C)C)C[C@@H]1NC(=O)OCc1ccccc1. The number of hydrogen-bond acceptors (Lipinski definition) is 4. The molecule has 34 heavy (non-hydrogen) atoms. The summed E-state index contributed by atoms with van der Waals surface area (Å²) in [4.78, 5) is 12.6. The third-order valence-electron chi connectivity index (χ3n) is 8.48. The largest absolute Gasteiger partial charge is 0.445 e. The lowest BCUT2D eigenvalue weighted by Gasteiger charge is -2.41. The topological polar surface area (TPSA) is 56.8 Å². The second-order valence-electron chi connectivity index (χ2n) is 13.1. The number of amides is 1. The molecular formula is C27H49NO4Si2. The summed E-state index contributed by atoms with van der Waals surface area (Å²) >= 11 is 0. The molecule has 0 unspecified atom stereocenters. The quantitative estimate of drug-likeness (QED) is 0.374. The molecule has 0 heterocycles. The van der Waals surface area contributed by atoms with Gasteiger partial charge in [-0.1, -0.05) is 78.8 Å². The van der Waals surface area contributed by atoms with E-state index in [-0.39, 0.29) is 46.8 Å². The summed E-state index contributed by atoms with van der Waals surface area (Å²) in [6, 6.07) is 9.78. The van der Waals surface area contributed by atoms with Crippen molar-refractivity contribution in [1.29, 1.82) is 0 Å². The lowest BCUT2D eigenvalue weighted by Crippen LogP contribution is -2.47. The van der Waals surface area contributed by atoms with Crippen LogP contribution in [0.4, 0.5) is 4.79 Å². The van der Waals surface area contributed by atoms with Gasteiger partial charge in [0.2, 0.25) is 0 Å². The Morgan fingerprint density at radius 1 is 0.971 bits per heavy atom. The van der Waals surface area contributed by atoms with Gasteiger partial charge in [-0.3, -0.25) is 0 Å². The van der Waals surface area contributed by atoms with Crippen molar-refractivity contribution in [2.24, 2.45) is 11.8 Å². The number of benzene rings is 1. The highest BCUT2D eigenvalue weighted by molar-refractivity contribution is 6.74. The first-order valence-corrected chi connectivity index (χ1v) is 18.6. The summed E-state index contributed by atoms with van der Waals surface area (Å²) in [7, 11) is -3.86. The maximum Gasteiger partial charge on any atom is 0.407 e. The van der Waals surface area contributed by atoms with Crippen LogP contribution in [-0.4, -0.2) is 41.5 Å². The molecular weight excluding hydrogens is 458 g/mol. The molecule has 194 valence electrons. The maximum absolute atomic E-state index is 12.6. The Morgan fingerprint density at radius 3 is 2.06 bits per heavy atom. The molecule has 4 atom stereocenters. The number of ether oxygens (including phenoxy) is 1. The molecule has 0 saturated heterocycles. The van der Waals surface area contributed by atoms with Crippen molar-refractivity contribution in [3.05, 3.63) is 35.9 Å². The molecule has 1 saturated carbocycles. The van der Waals surface area contributed by atoms with Gasteiger partial charge in [0, 0.05) is 18.6 Å². The normalized spacial score (nSPS) is 24.2. The van der Waals surface area contributed by atoms with Crippen molar-refractivity contribution in [2.75, 3.05) is 6.61 Å². The minimum absolute atomic E-state index is 0.00561. The van der Waals surface area contributed by atoms with Crippen LogP contribution in [0.3, 0.4) is 0 Å². The van der Waals surface area contributed by atoms with E-state index in [2.05, 4.69) is 80.0 Å². The number of alkyl carbamates (subject to hydrolysis) is 1. The van der Waals surface area contributed by atoms with Crippen molar-refractivity contribution in [1.82, 2.24) is 5.32 Å². The van der Waals surface area contributed by atoms with Gasteiger partial charge in [0.05, 0.1) is 6.10 Å². The zero-order valence-electron chi connectivity index (χ0n) is 23.5. The monoisotopic (exact) mass is 507 g/mol. The van der Waals surface area contributed by atoms with Crippen LogP contribution in [0.1, 0.15) is 60.5 Å². The fourth-order valence-electron chi connectivity index (χ4n) is 3.85. The summed E-state index contributed by atoms with van der Waals surface area (Å²) < 4.78 is 19.1. The molecule has 1 amide bonds. The van der Waals surface area contributed by atoms with Crippen LogP contribution in [0, 0.1) is 11.8 Å². The van der Waals surface area contributed by atoms with Gasteiger partial charge in [-0.15, -0.1) is 0 Å². The van der Waals surface area contributed by atoms with Crippen molar-refractivity contribution in [3.63, 3.8) is 0 Å². The molecule has 0 spiro atoms. The molecule has 5 nitrogen and oxygen atoms in total. The maximum atomic E-state index is 12.6. The third-order valence-corrected chi connectivity index (χ3v) is 17.5. The van der Waals surface area contributed by atoms with Gasteiger partial charge in [-0.2, -0.15) is 0 Å². The van der Waals surface area contributed by atoms with E-state index in [9.17, 15) is 4.79 Å². The van der Waals surface area contributed by atoms with E-state index >= 15 is 0 Å². The van der Waals surface area contributed by atoms with Gasteiger partial charge in [0.15, 0.2) is 16.6 Å². The van der Waals surface area contributed by atoms with Gasteiger partial charge in [0.25, 0.3) is 0 Å². The van der Waals surface area contributed by atoms with E-state index in [0.717, 1.165) is 12.0 Å². The Hall–Kier alpha value is -1.16. The van der Waals surface area contributed by atoms with E-state index in [1.54, 1.807) is 0 Å². The minimum Gasteiger partial charge on any atom is -0.445 e. The third kappa shape index (κ3) is 7.42. The van der Waals surface area contributed by atoms with Crippen molar-refractivity contribution in [3.8, 4) is 0 Å². The standard InChI is InChI=1S/C27H49NO4Si2/c1-20-22(19-31-33(8,9)26(2,3)4)24(32-34(10,11)27(5,6)7)17-23(20)28-25(29)30-18-21-15-13-12-14-16-21/h12-16,20,22-24H,17-19H2,1-11H3,(H,28,29)/t20-,22-,23-,24-/m0/s1. The first-order chi connectivity index (χ1) is 15.4. The van der Waals surface area contributed by atoms with Crippen LogP contribution >= 0.6 is 0 Å². The van der Waals surface area contributed by atoms with Gasteiger partial charge < -0.3 is 18.9 Å². The molecule has 0 radical (unpaired) electrons. The minimum atomic E-state index is -1.97. The highest BCUT2D eigenvalue weighted by atomic mass is 28.4. The molecule has 0 aliphatic heterocycles. The first kappa shape index (κ1) is 29.1. The zero-order chi connectivity index (χ0) is 25.9.